The fourth-order valence-electron chi connectivity index (χ4n) is 2.09. The molecule has 2 unspecified atom stereocenters. The first-order chi connectivity index (χ1) is 6.79. The van der Waals surface area contributed by atoms with E-state index in [1.165, 1.54) is 0 Å². The summed E-state index contributed by atoms with van der Waals surface area (Å²) in [6.07, 6.45) is 2.84. The maximum Gasteiger partial charge on any atom is 0.136 e. The van der Waals surface area contributed by atoms with Crippen molar-refractivity contribution in [3.63, 3.8) is 0 Å². The summed E-state index contributed by atoms with van der Waals surface area (Å²) in [6.45, 7) is 3.37. The number of ether oxygens (including phenoxy) is 1. The van der Waals surface area contributed by atoms with E-state index in [1.54, 1.807) is 0 Å². The summed E-state index contributed by atoms with van der Waals surface area (Å²) >= 11 is 0. The smallest absolute Gasteiger partial charge is 0.136 e. The van der Waals surface area contributed by atoms with Crippen molar-refractivity contribution in [3.8, 4) is 0 Å². The van der Waals surface area contributed by atoms with Gasteiger partial charge in [-0.15, -0.1) is 0 Å². The van der Waals surface area contributed by atoms with Crippen LogP contribution in [-0.2, 0) is 4.74 Å². The third-order valence-electron chi connectivity index (χ3n) is 3.06. The van der Waals surface area contributed by atoms with E-state index in [9.17, 15) is 4.39 Å². The molecule has 0 saturated carbocycles. The molecule has 2 rings (SSSR count). The molecule has 2 atom stereocenters. The van der Waals surface area contributed by atoms with E-state index in [2.05, 4.69) is 10.6 Å². The molecular weight excluding hydrogens is 183 g/mol. The first-order valence-corrected chi connectivity index (χ1v) is 5.49. The highest BCUT2D eigenvalue weighted by Gasteiger charge is 2.33. The third kappa shape index (κ3) is 2.65. The van der Waals surface area contributed by atoms with Crippen LogP contribution in [0.5, 0.6) is 0 Å². The predicted octanol–water partition coefficient (Wildman–Crippen LogP) is 0.457. The van der Waals surface area contributed by atoms with Gasteiger partial charge in [0.05, 0.1) is 6.61 Å². The second kappa shape index (κ2) is 4.55. The molecule has 14 heavy (non-hydrogen) atoms. The Balaban J connectivity index is 1.70. The Morgan fingerprint density at radius 3 is 3.14 bits per heavy atom. The van der Waals surface area contributed by atoms with Gasteiger partial charge in [0.2, 0.25) is 0 Å². The number of hydrogen-bond donors (Lipinski definition) is 2. The Labute approximate surface area is 84.4 Å². The Kier molecular flexibility index (Phi) is 3.36. The van der Waals surface area contributed by atoms with Gasteiger partial charge in [0.15, 0.2) is 0 Å². The van der Waals surface area contributed by atoms with Crippen LogP contribution >= 0.6 is 0 Å². The van der Waals surface area contributed by atoms with Gasteiger partial charge in [0, 0.05) is 25.7 Å². The molecule has 82 valence electrons. The highest BCUT2D eigenvalue weighted by atomic mass is 19.1. The molecule has 0 aromatic carbocycles. The summed E-state index contributed by atoms with van der Waals surface area (Å²) in [5, 5.41) is 6.32. The van der Waals surface area contributed by atoms with Crippen molar-refractivity contribution < 1.29 is 9.13 Å². The van der Waals surface area contributed by atoms with Crippen LogP contribution < -0.4 is 10.6 Å². The van der Waals surface area contributed by atoms with Crippen molar-refractivity contribution in [3.05, 3.63) is 0 Å². The lowest BCUT2D eigenvalue weighted by atomic mass is 10.0. The SMILES string of the molecule is FC1(CNC2CCCOC2)CCNC1. The van der Waals surface area contributed by atoms with E-state index in [-0.39, 0.29) is 0 Å². The van der Waals surface area contributed by atoms with E-state index in [0.29, 0.717) is 25.6 Å². The molecule has 2 fully saturated rings. The molecule has 3 nitrogen and oxygen atoms in total. The van der Waals surface area contributed by atoms with E-state index in [1.807, 2.05) is 0 Å². The molecule has 0 aliphatic carbocycles. The van der Waals surface area contributed by atoms with Crippen molar-refractivity contribution in [2.75, 3.05) is 32.8 Å². The van der Waals surface area contributed by atoms with Gasteiger partial charge in [0.25, 0.3) is 0 Å². The first-order valence-electron chi connectivity index (χ1n) is 5.49. The van der Waals surface area contributed by atoms with Crippen LogP contribution in [0.1, 0.15) is 19.3 Å². The van der Waals surface area contributed by atoms with E-state index in [4.69, 9.17) is 4.74 Å². The number of nitrogens with one attached hydrogen (secondary N) is 2. The molecular formula is C10H19FN2O. The average Bonchev–Trinajstić information content (AvgIpc) is 2.65. The van der Waals surface area contributed by atoms with Gasteiger partial charge in [-0.05, 0) is 25.8 Å². The molecule has 0 bridgehead atoms. The first kappa shape index (κ1) is 10.3. The molecule has 2 heterocycles. The fraction of sp³-hybridized carbons (Fsp3) is 1.00. The molecule has 0 aromatic rings. The van der Waals surface area contributed by atoms with Crippen LogP contribution in [0.2, 0.25) is 0 Å². The van der Waals surface area contributed by atoms with Crippen LogP contribution in [0, 0.1) is 0 Å². The number of halogens is 1. The van der Waals surface area contributed by atoms with Crippen LogP contribution in [0.3, 0.4) is 0 Å². The predicted molar refractivity (Wildman–Crippen MR) is 53.2 cm³/mol. The van der Waals surface area contributed by atoms with Crippen LogP contribution in [0.4, 0.5) is 4.39 Å². The van der Waals surface area contributed by atoms with Crippen LogP contribution in [-0.4, -0.2) is 44.6 Å². The standard InChI is InChI=1S/C10H19FN2O/c11-10(3-4-12-7-10)8-13-9-2-1-5-14-6-9/h9,12-13H,1-8H2. The van der Waals surface area contributed by atoms with Gasteiger partial charge in [0.1, 0.15) is 5.67 Å². The minimum absolute atomic E-state index is 0.358. The normalized spacial score (nSPS) is 38.8. The minimum Gasteiger partial charge on any atom is -0.380 e. The van der Waals surface area contributed by atoms with Gasteiger partial charge in [-0.1, -0.05) is 0 Å². The highest BCUT2D eigenvalue weighted by molar-refractivity contribution is 4.91. The summed E-state index contributed by atoms with van der Waals surface area (Å²) in [5.74, 6) is 0. The van der Waals surface area contributed by atoms with Crippen molar-refractivity contribution in [1.29, 1.82) is 0 Å². The van der Waals surface area contributed by atoms with E-state index >= 15 is 0 Å². The van der Waals surface area contributed by atoms with Gasteiger partial charge in [-0.2, -0.15) is 0 Å². The van der Waals surface area contributed by atoms with Gasteiger partial charge >= 0.3 is 0 Å². The lowest BCUT2D eigenvalue weighted by molar-refractivity contribution is 0.0629. The Morgan fingerprint density at radius 2 is 2.50 bits per heavy atom. The summed E-state index contributed by atoms with van der Waals surface area (Å²) < 4.78 is 19.2. The number of hydrogen-bond acceptors (Lipinski definition) is 3. The maximum absolute atomic E-state index is 13.9. The summed E-state index contributed by atoms with van der Waals surface area (Å²) in [7, 11) is 0. The zero-order valence-corrected chi connectivity index (χ0v) is 8.52. The van der Waals surface area contributed by atoms with Crippen LogP contribution in [0.15, 0.2) is 0 Å². The van der Waals surface area contributed by atoms with Gasteiger partial charge < -0.3 is 15.4 Å². The molecule has 0 radical (unpaired) electrons. The molecule has 2 saturated heterocycles. The van der Waals surface area contributed by atoms with Crippen molar-refractivity contribution in [2.45, 2.75) is 31.0 Å². The van der Waals surface area contributed by atoms with E-state index in [0.717, 1.165) is 32.6 Å². The molecule has 2 aliphatic heterocycles. The second-order valence-corrected chi connectivity index (χ2v) is 4.37. The zero-order valence-electron chi connectivity index (χ0n) is 8.52. The molecule has 2 N–H and O–H groups in total. The Hall–Kier alpha value is -0.190. The number of rotatable bonds is 3. The molecule has 4 heteroatoms. The second-order valence-electron chi connectivity index (χ2n) is 4.37. The lowest BCUT2D eigenvalue weighted by Crippen LogP contribution is -2.45. The molecule has 0 spiro atoms. The topological polar surface area (TPSA) is 33.3 Å². The van der Waals surface area contributed by atoms with Gasteiger partial charge in [-0.3, -0.25) is 0 Å². The number of alkyl halides is 1. The zero-order chi connectivity index (χ0) is 9.86. The summed E-state index contributed by atoms with van der Waals surface area (Å²) in [4.78, 5) is 0. The summed E-state index contributed by atoms with van der Waals surface area (Å²) in [6, 6.07) is 0.358. The fourth-order valence-corrected chi connectivity index (χ4v) is 2.09. The summed E-state index contributed by atoms with van der Waals surface area (Å²) in [5.41, 5.74) is -1.03. The van der Waals surface area contributed by atoms with E-state index < -0.39 is 5.67 Å². The Morgan fingerprint density at radius 1 is 1.57 bits per heavy atom. The third-order valence-corrected chi connectivity index (χ3v) is 3.06. The van der Waals surface area contributed by atoms with Crippen molar-refractivity contribution in [1.82, 2.24) is 10.6 Å². The van der Waals surface area contributed by atoms with Crippen molar-refractivity contribution in [2.24, 2.45) is 0 Å². The van der Waals surface area contributed by atoms with Gasteiger partial charge in [-0.25, -0.2) is 4.39 Å². The molecule has 0 aromatic heterocycles. The average molecular weight is 202 g/mol. The lowest BCUT2D eigenvalue weighted by Gasteiger charge is -2.27. The Bertz CT molecular complexity index is 177. The molecule has 0 amide bonds. The van der Waals surface area contributed by atoms with Crippen LogP contribution in [0.25, 0.3) is 0 Å². The highest BCUT2D eigenvalue weighted by Crippen LogP contribution is 2.19. The maximum atomic E-state index is 13.9. The molecule has 2 aliphatic rings. The largest absolute Gasteiger partial charge is 0.380 e. The van der Waals surface area contributed by atoms with Crippen molar-refractivity contribution >= 4 is 0 Å². The minimum atomic E-state index is -1.03. The quantitative estimate of drug-likeness (QED) is 0.697. The monoisotopic (exact) mass is 202 g/mol.